The van der Waals surface area contributed by atoms with E-state index in [1.807, 2.05) is 109 Å². The summed E-state index contributed by atoms with van der Waals surface area (Å²) in [6.07, 6.45) is 0.403. The average molecular weight is 750 g/mol. The molecule has 284 valence electrons. The number of benzene rings is 5. The third-order valence-electron chi connectivity index (χ3n) is 8.92. The highest BCUT2D eigenvalue weighted by atomic mass is 32.2. The highest BCUT2D eigenvalue weighted by Crippen LogP contribution is 2.38. The lowest BCUT2D eigenvalue weighted by Crippen LogP contribution is -2.54. The summed E-state index contributed by atoms with van der Waals surface area (Å²) < 4.78 is 44.3. The molecule has 0 aliphatic carbocycles. The quantitative estimate of drug-likeness (QED) is 0.0489. The van der Waals surface area contributed by atoms with Crippen LogP contribution in [0.3, 0.4) is 0 Å². The third-order valence-corrected chi connectivity index (χ3v) is 10.3. The maximum Gasteiger partial charge on any atom is 0.323 e. The molecule has 2 atom stereocenters. The van der Waals surface area contributed by atoms with Crippen molar-refractivity contribution in [3.63, 3.8) is 0 Å². The Hall–Kier alpha value is -4.83. The molecule has 0 bridgehead atoms. The molecule has 8 nitrogen and oxygen atoms in total. The Labute approximate surface area is 320 Å². The van der Waals surface area contributed by atoms with Gasteiger partial charge in [0.05, 0.1) is 18.1 Å². The van der Waals surface area contributed by atoms with Crippen molar-refractivity contribution in [3.8, 4) is 0 Å². The van der Waals surface area contributed by atoms with E-state index in [4.69, 9.17) is 13.7 Å². The van der Waals surface area contributed by atoms with Gasteiger partial charge in [-0.25, -0.2) is 0 Å². The molecule has 5 aromatic rings. The molecule has 54 heavy (non-hydrogen) atoms. The Balaban J connectivity index is 1.50. The van der Waals surface area contributed by atoms with Gasteiger partial charge in [0, 0.05) is 5.39 Å². The zero-order valence-electron chi connectivity index (χ0n) is 32.0. The van der Waals surface area contributed by atoms with E-state index in [0.717, 1.165) is 22.1 Å². The lowest BCUT2D eigenvalue weighted by Gasteiger charge is -2.40. The predicted molar refractivity (Wildman–Crippen MR) is 212 cm³/mol. The minimum atomic E-state index is -4.11. The van der Waals surface area contributed by atoms with Crippen LogP contribution < -0.4 is 5.32 Å². The average Bonchev–Trinajstić information content (AvgIpc) is 3.13. The predicted octanol–water partition coefficient (Wildman–Crippen LogP) is 8.97. The van der Waals surface area contributed by atoms with E-state index in [1.54, 1.807) is 59.7 Å². The molecule has 0 heterocycles. The van der Waals surface area contributed by atoms with Crippen LogP contribution in [0.4, 0.5) is 0 Å². The lowest BCUT2D eigenvalue weighted by molar-refractivity contribution is -0.163. The minimum absolute atomic E-state index is 0.00809. The molecular formula is C45H51NO7S. The van der Waals surface area contributed by atoms with Gasteiger partial charge in [0.1, 0.15) is 22.1 Å². The van der Waals surface area contributed by atoms with Crippen LogP contribution in [0.15, 0.2) is 138 Å². The van der Waals surface area contributed by atoms with Gasteiger partial charge >= 0.3 is 11.9 Å². The summed E-state index contributed by atoms with van der Waals surface area (Å²) in [5, 5.41) is 5.08. The molecule has 0 aliphatic rings. The first-order valence-electron chi connectivity index (χ1n) is 18.4. The summed E-state index contributed by atoms with van der Waals surface area (Å²) in [5.74, 6) is -1.85. The van der Waals surface area contributed by atoms with Gasteiger partial charge in [-0.1, -0.05) is 127 Å². The number of rotatable bonds is 15. The van der Waals surface area contributed by atoms with Crippen molar-refractivity contribution < 1.29 is 31.7 Å². The van der Waals surface area contributed by atoms with Crippen molar-refractivity contribution in [2.24, 2.45) is 5.92 Å². The van der Waals surface area contributed by atoms with Gasteiger partial charge in [-0.3, -0.25) is 19.1 Å². The summed E-state index contributed by atoms with van der Waals surface area (Å²) in [7, 11) is -4.11. The van der Waals surface area contributed by atoms with Gasteiger partial charge in [-0.05, 0) is 88.9 Å². The van der Waals surface area contributed by atoms with Crippen LogP contribution in [0, 0.1) is 5.92 Å². The van der Waals surface area contributed by atoms with Crippen LogP contribution in [0.1, 0.15) is 77.5 Å². The van der Waals surface area contributed by atoms with E-state index in [1.165, 1.54) is 6.07 Å². The zero-order valence-corrected chi connectivity index (χ0v) is 32.8. The monoisotopic (exact) mass is 749 g/mol. The highest BCUT2D eigenvalue weighted by Gasteiger charge is 2.42. The standard InChI is InChI=1S/C45H51NO7S/c1-43(2,3)52-41(47)34(22-19-31-51-54(49,50)40-30-18-21-33-20-16-17-29-38(33)40)32-39(42(48)53-44(4,5)6)46-45(35-23-10-7-11-24-35,36-25-12-8-13-26-36)37-27-14-9-15-28-37/h7-18,20-21,23-30,34,39,46H,19,22,31-32H2,1-6H3/t34-,39-/m0/s1. The summed E-state index contributed by atoms with van der Waals surface area (Å²) in [5.41, 5.74) is -0.0119. The Bertz CT molecular complexity index is 2000. The maximum atomic E-state index is 14.4. The third kappa shape index (κ3) is 10.2. The first kappa shape index (κ1) is 40.4. The Morgan fingerprint density at radius 3 is 1.59 bits per heavy atom. The SMILES string of the molecule is CC(C)(C)OC(=O)[C@@H](CCCOS(=O)(=O)c1cccc2ccccc12)C[C@H](NC(c1ccccc1)(c1ccccc1)c1ccccc1)C(=O)OC(C)(C)C. The Morgan fingerprint density at radius 2 is 1.07 bits per heavy atom. The number of fused-ring (bicyclic) bond motifs is 1. The van der Waals surface area contributed by atoms with E-state index >= 15 is 0 Å². The summed E-state index contributed by atoms with van der Waals surface area (Å²) in [4.78, 5) is 28.4. The fourth-order valence-corrected chi connectivity index (χ4v) is 7.80. The van der Waals surface area contributed by atoms with Gasteiger partial charge in [-0.2, -0.15) is 8.42 Å². The fourth-order valence-electron chi connectivity index (χ4n) is 6.64. The van der Waals surface area contributed by atoms with Gasteiger partial charge < -0.3 is 9.47 Å². The topological polar surface area (TPSA) is 108 Å². The lowest BCUT2D eigenvalue weighted by atomic mass is 9.76. The van der Waals surface area contributed by atoms with Crippen molar-refractivity contribution in [1.29, 1.82) is 0 Å². The van der Waals surface area contributed by atoms with Crippen LogP contribution >= 0.6 is 0 Å². The number of nitrogens with one attached hydrogen (secondary N) is 1. The number of carbonyl (C=O) groups excluding carboxylic acids is 2. The van der Waals surface area contributed by atoms with Crippen LogP contribution in [0.2, 0.25) is 0 Å². The second-order valence-electron chi connectivity index (χ2n) is 15.4. The van der Waals surface area contributed by atoms with E-state index in [9.17, 15) is 18.0 Å². The molecule has 0 unspecified atom stereocenters. The molecule has 0 aromatic heterocycles. The number of carbonyl (C=O) groups is 2. The minimum Gasteiger partial charge on any atom is -0.460 e. The van der Waals surface area contributed by atoms with Crippen LogP contribution in [-0.2, 0) is 38.9 Å². The molecule has 0 saturated heterocycles. The molecule has 5 rings (SSSR count). The highest BCUT2D eigenvalue weighted by molar-refractivity contribution is 7.87. The summed E-state index contributed by atoms with van der Waals surface area (Å²) in [6, 6.07) is 40.9. The largest absolute Gasteiger partial charge is 0.460 e. The molecule has 0 aliphatic heterocycles. The van der Waals surface area contributed by atoms with Crippen LogP contribution in [0.25, 0.3) is 10.8 Å². The van der Waals surface area contributed by atoms with E-state index < -0.39 is 50.8 Å². The maximum absolute atomic E-state index is 14.4. The van der Waals surface area contributed by atoms with Crippen molar-refractivity contribution >= 4 is 32.8 Å². The van der Waals surface area contributed by atoms with Crippen LogP contribution in [0.5, 0.6) is 0 Å². The van der Waals surface area contributed by atoms with E-state index in [2.05, 4.69) is 5.32 Å². The van der Waals surface area contributed by atoms with Gasteiger partial charge in [0.15, 0.2) is 0 Å². The van der Waals surface area contributed by atoms with Crippen LogP contribution in [-0.4, -0.2) is 44.2 Å². The van der Waals surface area contributed by atoms with Crippen molar-refractivity contribution in [3.05, 3.63) is 150 Å². The molecule has 0 radical (unpaired) electrons. The normalized spacial score (nSPS) is 13.6. The second kappa shape index (κ2) is 17.1. The number of ether oxygens (including phenoxy) is 2. The number of esters is 2. The first-order valence-corrected chi connectivity index (χ1v) is 19.8. The first-order chi connectivity index (χ1) is 25.6. The molecule has 0 spiro atoms. The molecule has 0 fully saturated rings. The van der Waals surface area contributed by atoms with Crippen molar-refractivity contribution in [1.82, 2.24) is 5.32 Å². The van der Waals surface area contributed by atoms with Crippen molar-refractivity contribution in [2.75, 3.05) is 6.61 Å². The number of hydrogen-bond donors (Lipinski definition) is 1. The van der Waals surface area contributed by atoms with Gasteiger partial charge in [0.2, 0.25) is 0 Å². The summed E-state index contributed by atoms with van der Waals surface area (Å²) in [6.45, 7) is 10.6. The van der Waals surface area contributed by atoms with Gasteiger partial charge in [0.25, 0.3) is 10.1 Å². The van der Waals surface area contributed by atoms with Crippen molar-refractivity contribution in [2.45, 2.75) is 88.5 Å². The molecule has 0 amide bonds. The van der Waals surface area contributed by atoms with E-state index in [-0.39, 0.29) is 30.8 Å². The molecule has 5 aromatic carbocycles. The fraction of sp³-hybridized carbons (Fsp3) is 0.333. The summed E-state index contributed by atoms with van der Waals surface area (Å²) >= 11 is 0. The molecular weight excluding hydrogens is 699 g/mol. The molecule has 1 N–H and O–H groups in total. The molecule has 9 heteroatoms. The Morgan fingerprint density at radius 1 is 0.611 bits per heavy atom. The second-order valence-corrected chi connectivity index (χ2v) is 17.0. The van der Waals surface area contributed by atoms with E-state index in [0.29, 0.717) is 5.39 Å². The molecule has 0 saturated carbocycles. The Kier molecular flexibility index (Phi) is 12.8. The zero-order chi connectivity index (χ0) is 39.0. The number of hydrogen-bond acceptors (Lipinski definition) is 8. The smallest absolute Gasteiger partial charge is 0.323 e. The van der Waals surface area contributed by atoms with Gasteiger partial charge in [-0.15, -0.1) is 0 Å².